The first-order valence-corrected chi connectivity index (χ1v) is 12.4. The van der Waals surface area contributed by atoms with E-state index in [1.807, 2.05) is 4.90 Å². The molecule has 0 saturated carbocycles. The van der Waals surface area contributed by atoms with Gasteiger partial charge in [0.25, 0.3) is 0 Å². The molecule has 9 heteroatoms. The van der Waals surface area contributed by atoms with Gasteiger partial charge in [0, 0.05) is 32.1 Å². The lowest BCUT2D eigenvalue weighted by atomic mass is 9.96. The van der Waals surface area contributed by atoms with Crippen LogP contribution >= 0.6 is 0 Å². The molecule has 8 nitrogen and oxygen atoms in total. The Kier molecular flexibility index (Phi) is 6.62. The van der Waals surface area contributed by atoms with Gasteiger partial charge in [-0.1, -0.05) is 18.0 Å². The molecule has 1 amide bonds. The molecular weight excluding hydrogens is 418 g/mol. The number of amides is 1. The van der Waals surface area contributed by atoms with E-state index in [2.05, 4.69) is 5.16 Å². The number of nitrogens with zero attached hydrogens (tertiary/aromatic N) is 3. The van der Waals surface area contributed by atoms with Crippen molar-refractivity contribution in [2.24, 2.45) is 5.92 Å². The predicted octanol–water partition coefficient (Wildman–Crippen LogP) is 3.55. The Labute approximate surface area is 182 Å². The smallest absolute Gasteiger partial charge is 0.248 e. The van der Waals surface area contributed by atoms with Gasteiger partial charge in [-0.05, 0) is 56.9 Å². The molecule has 31 heavy (non-hydrogen) atoms. The van der Waals surface area contributed by atoms with Crippen molar-refractivity contribution in [3.8, 4) is 0 Å². The van der Waals surface area contributed by atoms with Crippen LogP contribution in [0.25, 0.3) is 12.2 Å². The zero-order valence-electron chi connectivity index (χ0n) is 17.8. The van der Waals surface area contributed by atoms with E-state index in [1.54, 1.807) is 37.5 Å². The summed E-state index contributed by atoms with van der Waals surface area (Å²) in [6, 6.07) is 3.51. The largest absolute Gasteiger partial charge is 0.465 e. The number of carbonyl (C=O) groups excluding carboxylic acids is 1. The van der Waals surface area contributed by atoms with Crippen LogP contribution in [0.1, 0.15) is 55.7 Å². The molecule has 2 fully saturated rings. The van der Waals surface area contributed by atoms with Gasteiger partial charge in [-0.2, -0.15) is 4.31 Å². The van der Waals surface area contributed by atoms with Crippen molar-refractivity contribution in [2.45, 2.75) is 50.3 Å². The van der Waals surface area contributed by atoms with Crippen molar-refractivity contribution >= 4 is 28.1 Å². The monoisotopic (exact) mass is 447 g/mol. The van der Waals surface area contributed by atoms with Gasteiger partial charge in [-0.15, -0.1) is 0 Å². The molecule has 4 heterocycles. The third-order valence-electron chi connectivity index (χ3n) is 6.09. The highest BCUT2D eigenvalue weighted by molar-refractivity contribution is 7.89. The molecule has 2 saturated heterocycles. The summed E-state index contributed by atoms with van der Waals surface area (Å²) >= 11 is 0. The molecule has 2 aromatic heterocycles. The van der Waals surface area contributed by atoms with Crippen molar-refractivity contribution in [1.82, 2.24) is 14.4 Å². The van der Waals surface area contributed by atoms with Crippen LogP contribution < -0.4 is 0 Å². The lowest BCUT2D eigenvalue weighted by Gasteiger charge is -2.33. The zero-order chi connectivity index (χ0) is 21.8. The number of likely N-dealkylation sites (tertiary alicyclic amines) is 1. The fourth-order valence-corrected chi connectivity index (χ4v) is 6.08. The predicted molar refractivity (Wildman–Crippen MR) is 115 cm³/mol. The molecule has 0 aromatic carbocycles. The number of hydrogen-bond acceptors (Lipinski definition) is 6. The third kappa shape index (κ3) is 4.77. The molecule has 2 aromatic rings. The molecule has 4 rings (SSSR count). The van der Waals surface area contributed by atoms with Gasteiger partial charge < -0.3 is 13.8 Å². The van der Waals surface area contributed by atoms with E-state index < -0.39 is 10.0 Å². The molecule has 0 bridgehead atoms. The van der Waals surface area contributed by atoms with E-state index in [1.165, 1.54) is 17.1 Å². The fraction of sp³-hybridized carbons (Fsp3) is 0.545. The van der Waals surface area contributed by atoms with Crippen LogP contribution in [-0.2, 0) is 14.8 Å². The second-order valence-corrected chi connectivity index (χ2v) is 10.1. The van der Waals surface area contributed by atoms with Gasteiger partial charge in [0.2, 0.25) is 15.9 Å². The summed E-state index contributed by atoms with van der Waals surface area (Å²) in [5.41, 5.74) is 0.321. The third-order valence-corrected chi connectivity index (χ3v) is 8.15. The summed E-state index contributed by atoms with van der Waals surface area (Å²) in [5.74, 6) is 0.843. The molecule has 2 aliphatic heterocycles. The highest BCUT2D eigenvalue weighted by atomic mass is 32.2. The summed E-state index contributed by atoms with van der Waals surface area (Å²) in [4.78, 5) is 15.0. The Hall–Kier alpha value is -2.39. The van der Waals surface area contributed by atoms with Gasteiger partial charge in [-0.3, -0.25) is 4.79 Å². The minimum Gasteiger partial charge on any atom is -0.465 e. The van der Waals surface area contributed by atoms with Crippen LogP contribution in [0.4, 0.5) is 0 Å². The SMILES string of the molecule is Cc1noc(C=Cc2ccco2)c1S(=O)(=O)N1CCC(C(=O)N2CCCCCC2)CC1. The van der Waals surface area contributed by atoms with Crippen LogP contribution in [-0.4, -0.2) is 54.9 Å². The van der Waals surface area contributed by atoms with E-state index >= 15 is 0 Å². The summed E-state index contributed by atoms with van der Waals surface area (Å²) in [7, 11) is -3.78. The van der Waals surface area contributed by atoms with Gasteiger partial charge in [0.15, 0.2) is 10.7 Å². The number of piperidine rings is 1. The number of rotatable bonds is 5. The van der Waals surface area contributed by atoms with Crippen molar-refractivity contribution in [3.05, 3.63) is 35.6 Å². The Balaban J connectivity index is 1.45. The lowest BCUT2D eigenvalue weighted by Crippen LogP contribution is -2.44. The van der Waals surface area contributed by atoms with E-state index in [0.29, 0.717) is 37.4 Å². The van der Waals surface area contributed by atoms with Crippen molar-refractivity contribution in [3.63, 3.8) is 0 Å². The summed E-state index contributed by atoms with van der Waals surface area (Å²) in [6.45, 7) is 3.90. The Bertz CT molecular complexity index is 1010. The van der Waals surface area contributed by atoms with E-state index in [9.17, 15) is 13.2 Å². The molecule has 0 atom stereocenters. The molecule has 0 radical (unpaired) electrons. The topological polar surface area (TPSA) is 96.9 Å². The molecule has 168 valence electrons. The Morgan fingerprint density at radius 2 is 1.81 bits per heavy atom. The quantitative estimate of drug-likeness (QED) is 0.695. The zero-order valence-corrected chi connectivity index (χ0v) is 18.6. The van der Waals surface area contributed by atoms with Crippen molar-refractivity contribution < 1.29 is 22.2 Å². The molecule has 0 aliphatic carbocycles. The minimum atomic E-state index is -3.78. The van der Waals surface area contributed by atoms with Gasteiger partial charge in [-0.25, -0.2) is 8.42 Å². The van der Waals surface area contributed by atoms with Crippen LogP contribution in [0.5, 0.6) is 0 Å². The number of aryl methyl sites for hydroxylation is 1. The average molecular weight is 448 g/mol. The molecule has 0 unspecified atom stereocenters. The number of carbonyl (C=O) groups is 1. The van der Waals surface area contributed by atoms with Gasteiger partial charge in [0.05, 0.1) is 6.26 Å². The number of aromatic nitrogens is 1. The second-order valence-electron chi connectivity index (χ2n) is 8.23. The highest BCUT2D eigenvalue weighted by Gasteiger charge is 2.37. The summed E-state index contributed by atoms with van der Waals surface area (Å²) < 4.78 is 38.7. The Morgan fingerprint density at radius 3 is 2.45 bits per heavy atom. The van der Waals surface area contributed by atoms with E-state index in [-0.39, 0.29) is 22.5 Å². The van der Waals surface area contributed by atoms with Gasteiger partial charge >= 0.3 is 0 Å². The molecule has 0 spiro atoms. The lowest BCUT2D eigenvalue weighted by molar-refractivity contribution is -0.136. The minimum absolute atomic E-state index is 0.0765. The summed E-state index contributed by atoms with van der Waals surface area (Å²) in [6.07, 6.45) is 10.3. The number of furan rings is 1. The normalized spacial score (nSPS) is 19.7. The molecule has 0 N–H and O–H groups in total. The molecular formula is C22H29N3O5S. The van der Waals surface area contributed by atoms with Crippen molar-refractivity contribution in [2.75, 3.05) is 26.2 Å². The average Bonchev–Trinajstić information content (AvgIpc) is 3.33. The standard InChI is InChI=1S/C22H29N3O5S/c1-17-21(20(30-23-17)9-8-19-7-6-16-29-19)31(27,28)25-14-10-18(11-15-25)22(26)24-12-4-2-3-5-13-24/h6-9,16,18H,2-5,10-15H2,1H3. The maximum absolute atomic E-state index is 13.3. The van der Waals surface area contributed by atoms with E-state index in [0.717, 1.165) is 25.9 Å². The first-order valence-electron chi connectivity index (χ1n) is 10.9. The Morgan fingerprint density at radius 1 is 1.10 bits per heavy atom. The van der Waals surface area contributed by atoms with Crippen LogP contribution in [0, 0.1) is 12.8 Å². The first-order chi connectivity index (χ1) is 15.0. The fourth-order valence-electron chi connectivity index (χ4n) is 4.36. The van der Waals surface area contributed by atoms with Crippen LogP contribution in [0.3, 0.4) is 0 Å². The van der Waals surface area contributed by atoms with Crippen LogP contribution in [0.2, 0.25) is 0 Å². The number of sulfonamides is 1. The van der Waals surface area contributed by atoms with Crippen LogP contribution in [0.15, 0.2) is 32.2 Å². The van der Waals surface area contributed by atoms with Crippen molar-refractivity contribution in [1.29, 1.82) is 0 Å². The van der Waals surface area contributed by atoms with E-state index in [4.69, 9.17) is 8.94 Å². The second kappa shape index (κ2) is 9.40. The number of hydrogen-bond donors (Lipinski definition) is 0. The molecule has 2 aliphatic rings. The maximum atomic E-state index is 13.3. The maximum Gasteiger partial charge on any atom is 0.248 e. The highest BCUT2D eigenvalue weighted by Crippen LogP contribution is 2.30. The summed E-state index contributed by atoms with van der Waals surface area (Å²) in [5, 5.41) is 3.87. The first kappa shape index (κ1) is 21.8. The van der Waals surface area contributed by atoms with Gasteiger partial charge in [0.1, 0.15) is 11.5 Å².